The zero-order chi connectivity index (χ0) is 51.7. The number of benzene rings is 8. The number of hydrogen-bond acceptors (Lipinski definition) is 4. The van der Waals surface area contributed by atoms with E-state index in [9.17, 15) is 9.90 Å². The van der Waals surface area contributed by atoms with Gasteiger partial charge in [0.15, 0.2) is 5.78 Å². The second-order valence-corrected chi connectivity index (χ2v) is 19.0. The summed E-state index contributed by atoms with van der Waals surface area (Å²) in [4.78, 5) is 24.0. The first-order chi connectivity index (χ1) is 36.7. The summed E-state index contributed by atoms with van der Waals surface area (Å²) in [5.41, 5.74) is 22.4. The molecule has 0 spiro atoms. The predicted octanol–water partition coefficient (Wildman–Crippen LogP) is 18.6. The molecule has 4 heteroatoms. The molecule has 1 N–H and O–H groups in total. The molecule has 10 rings (SSSR count). The Bertz CT molecular complexity index is 3750. The number of allylic oxidation sites excluding steroid dienone is 6. The number of nitrogens with zero attached hydrogens (tertiary/aromatic N) is 2. The van der Waals surface area contributed by atoms with Crippen molar-refractivity contribution < 1.29 is 9.90 Å². The Labute approximate surface area is 441 Å². The number of aryl methyl sites for hydroxylation is 2. The number of aromatic nitrogens is 2. The number of aliphatic hydroxyl groups is 1. The number of rotatable bonds is 15. The van der Waals surface area contributed by atoms with Crippen molar-refractivity contribution in [1.29, 1.82) is 0 Å². The van der Waals surface area contributed by atoms with Crippen molar-refractivity contribution in [3.63, 3.8) is 0 Å². The van der Waals surface area contributed by atoms with Gasteiger partial charge in [0.1, 0.15) is 5.76 Å². The van der Waals surface area contributed by atoms with E-state index in [4.69, 9.17) is 9.97 Å². The molecule has 8 aromatic carbocycles. The van der Waals surface area contributed by atoms with E-state index in [1.807, 2.05) is 67.9 Å². The van der Waals surface area contributed by atoms with Crippen LogP contribution >= 0.6 is 0 Å². The lowest BCUT2D eigenvalue weighted by Crippen LogP contribution is -2.06. The van der Waals surface area contributed by atoms with E-state index in [-0.39, 0.29) is 18.0 Å². The van der Waals surface area contributed by atoms with Crippen LogP contribution in [0.3, 0.4) is 0 Å². The summed E-state index contributed by atoms with van der Waals surface area (Å²) < 4.78 is 0. The van der Waals surface area contributed by atoms with Gasteiger partial charge in [0.25, 0.3) is 0 Å². The van der Waals surface area contributed by atoms with Crippen LogP contribution in [0.1, 0.15) is 49.4 Å². The predicted molar refractivity (Wildman–Crippen MR) is 314 cm³/mol. The van der Waals surface area contributed by atoms with E-state index in [2.05, 4.69) is 202 Å². The van der Waals surface area contributed by atoms with Gasteiger partial charge in [0.2, 0.25) is 0 Å². The number of aliphatic hydroxyl groups excluding tert-OH is 1. The SMILES string of the molecule is C/C=C\C=C(/C)c1cnc(-c2ccc(-c3ccccc3-c3cc(-c4ccccc4CCC(=O)/C(=C(/C)O)c4ccccc4)cc(-c4ccccc4-c4cnc(-c5ccccc5)cc4-c4ccccc4)c3)cc2)cc1C. The van der Waals surface area contributed by atoms with Crippen LogP contribution in [0.4, 0.5) is 0 Å². The molecule has 0 bridgehead atoms. The van der Waals surface area contributed by atoms with Crippen LogP contribution in [0.2, 0.25) is 0 Å². The summed E-state index contributed by atoms with van der Waals surface area (Å²) >= 11 is 0. The highest BCUT2D eigenvalue weighted by molar-refractivity contribution is 6.21. The summed E-state index contributed by atoms with van der Waals surface area (Å²) in [6.07, 6.45) is 10.9. The fraction of sp³-hybridized carbons (Fsp3) is 0.0845. The van der Waals surface area contributed by atoms with Gasteiger partial charge in [-0.05, 0) is 153 Å². The van der Waals surface area contributed by atoms with Gasteiger partial charge in [-0.1, -0.05) is 206 Å². The highest BCUT2D eigenvalue weighted by atomic mass is 16.3. The maximum Gasteiger partial charge on any atom is 0.167 e. The third kappa shape index (κ3) is 10.9. The van der Waals surface area contributed by atoms with E-state index in [1.54, 1.807) is 6.92 Å². The fourth-order valence-electron chi connectivity index (χ4n) is 10.2. The van der Waals surface area contributed by atoms with Gasteiger partial charge in [-0.25, -0.2) is 0 Å². The summed E-state index contributed by atoms with van der Waals surface area (Å²) in [5.74, 6) is -0.0795. The van der Waals surface area contributed by atoms with Crippen molar-refractivity contribution in [2.75, 3.05) is 0 Å². The molecule has 0 amide bonds. The average Bonchev–Trinajstić information content (AvgIpc) is 3.46. The third-order valence-electron chi connectivity index (χ3n) is 14.0. The summed E-state index contributed by atoms with van der Waals surface area (Å²) in [6.45, 7) is 7.88. The summed E-state index contributed by atoms with van der Waals surface area (Å²) in [6, 6.07) is 76.0. The van der Waals surface area contributed by atoms with Crippen LogP contribution in [-0.2, 0) is 11.2 Å². The Morgan fingerprint density at radius 3 is 1.55 bits per heavy atom. The van der Waals surface area contributed by atoms with Gasteiger partial charge in [0, 0.05) is 35.5 Å². The molecule has 4 nitrogen and oxygen atoms in total. The molecule has 0 saturated heterocycles. The molecule has 0 fully saturated rings. The van der Waals surface area contributed by atoms with Crippen LogP contribution in [0.15, 0.2) is 255 Å². The molecule has 0 aliphatic heterocycles. The van der Waals surface area contributed by atoms with Gasteiger partial charge in [-0.3, -0.25) is 14.8 Å². The van der Waals surface area contributed by atoms with E-state index >= 15 is 0 Å². The Morgan fingerprint density at radius 1 is 0.467 bits per heavy atom. The van der Waals surface area contributed by atoms with Gasteiger partial charge in [-0.15, -0.1) is 0 Å². The molecule has 0 radical (unpaired) electrons. The topological polar surface area (TPSA) is 63.1 Å². The molecule has 2 heterocycles. The van der Waals surface area contributed by atoms with E-state index in [0.29, 0.717) is 17.6 Å². The number of ketones is 1. The molecule has 0 aliphatic rings. The van der Waals surface area contributed by atoms with Gasteiger partial charge < -0.3 is 5.11 Å². The number of hydrogen-bond donors (Lipinski definition) is 1. The Morgan fingerprint density at radius 2 is 0.933 bits per heavy atom. The smallest absolute Gasteiger partial charge is 0.167 e. The van der Waals surface area contributed by atoms with Crippen LogP contribution in [0.25, 0.3) is 100 Å². The van der Waals surface area contributed by atoms with Crippen molar-refractivity contribution in [3.8, 4) is 89.3 Å². The van der Waals surface area contributed by atoms with Crippen LogP contribution in [0.5, 0.6) is 0 Å². The summed E-state index contributed by atoms with van der Waals surface area (Å²) in [5, 5.41) is 10.8. The minimum atomic E-state index is -0.101. The zero-order valence-electron chi connectivity index (χ0n) is 42.8. The van der Waals surface area contributed by atoms with E-state index in [1.165, 1.54) is 11.1 Å². The lowest BCUT2D eigenvalue weighted by molar-refractivity contribution is -0.113. The van der Waals surface area contributed by atoms with Crippen molar-refractivity contribution in [2.45, 2.75) is 40.5 Å². The monoisotopic (exact) mass is 970 g/mol. The molecular formula is C71H58N2O2. The number of carbonyl (C=O) groups excluding carboxylic acids is 1. The number of Topliss-reactive ketones (excluding diaryl/α,β-unsaturated/α-hetero) is 1. The quantitative estimate of drug-likeness (QED) is 0.0632. The molecule has 0 unspecified atom stereocenters. The Balaban J connectivity index is 1.10. The van der Waals surface area contributed by atoms with Crippen molar-refractivity contribution in [3.05, 3.63) is 277 Å². The number of pyridine rings is 2. The molecule has 0 atom stereocenters. The largest absolute Gasteiger partial charge is 0.512 e. The van der Waals surface area contributed by atoms with Crippen molar-refractivity contribution in [2.24, 2.45) is 0 Å². The first-order valence-electron chi connectivity index (χ1n) is 25.6. The molecule has 10 aromatic rings. The van der Waals surface area contributed by atoms with E-state index in [0.717, 1.165) is 100 Å². The molecule has 2 aromatic heterocycles. The lowest BCUT2D eigenvalue weighted by atomic mass is 9.85. The highest BCUT2D eigenvalue weighted by Crippen LogP contribution is 2.44. The Kier molecular flexibility index (Phi) is 14.9. The van der Waals surface area contributed by atoms with Crippen molar-refractivity contribution in [1.82, 2.24) is 9.97 Å². The van der Waals surface area contributed by atoms with Gasteiger partial charge >= 0.3 is 0 Å². The molecule has 0 aliphatic carbocycles. The van der Waals surface area contributed by atoms with Crippen LogP contribution in [0, 0.1) is 6.92 Å². The van der Waals surface area contributed by atoms with Crippen LogP contribution in [-0.4, -0.2) is 20.9 Å². The minimum absolute atomic E-state index is 0.0217. The zero-order valence-corrected chi connectivity index (χ0v) is 42.8. The first-order valence-corrected chi connectivity index (χ1v) is 25.6. The van der Waals surface area contributed by atoms with Gasteiger partial charge in [0.05, 0.1) is 17.0 Å². The maximum atomic E-state index is 14.0. The first kappa shape index (κ1) is 49.3. The summed E-state index contributed by atoms with van der Waals surface area (Å²) in [7, 11) is 0. The highest BCUT2D eigenvalue weighted by Gasteiger charge is 2.20. The van der Waals surface area contributed by atoms with Crippen molar-refractivity contribution >= 4 is 16.9 Å². The molecule has 364 valence electrons. The molecule has 75 heavy (non-hydrogen) atoms. The van der Waals surface area contributed by atoms with Gasteiger partial charge in [-0.2, -0.15) is 0 Å². The fourth-order valence-corrected chi connectivity index (χ4v) is 10.2. The second-order valence-electron chi connectivity index (χ2n) is 19.0. The second kappa shape index (κ2) is 22.7. The third-order valence-corrected chi connectivity index (χ3v) is 14.0. The number of carbonyl (C=O) groups is 1. The maximum absolute atomic E-state index is 14.0. The average molecular weight is 971 g/mol. The molecular weight excluding hydrogens is 913 g/mol. The van der Waals surface area contributed by atoms with E-state index < -0.39 is 0 Å². The molecule has 0 saturated carbocycles. The minimum Gasteiger partial charge on any atom is -0.512 e. The van der Waals surface area contributed by atoms with Crippen LogP contribution < -0.4 is 0 Å². The Hall–Kier alpha value is -9.25. The lowest BCUT2D eigenvalue weighted by Gasteiger charge is -2.19. The standard InChI is InChI=1S/C71H58N2O2/c1-5-6-22-48(2)66-46-72-68(41-49(66)3)55-37-35-53(36-38-55)61-31-18-19-32-62(61)58-42-57(60-30-17-16-25-52(60)39-40-70(75)71(50(4)74)56-28-14-9-15-29-56)43-59(44-58)63-33-20-21-34-64(63)67-47-73-69(54-26-12-8-13-27-54)45-65(67)51-23-10-7-11-24-51/h5-38,41-47,74H,39-40H2,1-4H3/b6-5-,48-22+,71-50-. The normalized spacial score (nSPS) is 11.9.